The molecular weight excluding hydrogens is 360 g/mol. The maximum Gasteiger partial charge on any atom is 0.227 e. The van der Waals surface area contributed by atoms with Crippen LogP contribution in [0.5, 0.6) is 0 Å². The molecular formula is C25H24N2O2. The van der Waals surface area contributed by atoms with Gasteiger partial charge in [-0.25, -0.2) is 0 Å². The zero-order valence-electron chi connectivity index (χ0n) is 16.3. The van der Waals surface area contributed by atoms with E-state index >= 15 is 0 Å². The van der Waals surface area contributed by atoms with Gasteiger partial charge < -0.3 is 9.73 Å². The fourth-order valence-electron chi connectivity index (χ4n) is 4.24. The number of anilines is 1. The summed E-state index contributed by atoms with van der Waals surface area (Å²) >= 11 is 0. The molecule has 4 nitrogen and oxygen atoms in total. The summed E-state index contributed by atoms with van der Waals surface area (Å²) in [6, 6.07) is 24.4. The lowest BCUT2D eigenvalue weighted by atomic mass is 9.95. The van der Waals surface area contributed by atoms with Crippen molar-refractivity contribution in [2.45, 2.75) is 19.4 Å². The second-order valence-electron chi connectivity index (χ2n) is 7.83. The number of furan rings is 1. The Kier molecular flexibility index (Phi) is 4.78. The molecule has 0 radical (unpaired) electrons. The zero-order valence-corrected chi connectivity index (χ0v) is 16.3. The number of benzene rings is 3. The van der Waals surface area contributed by atoms with Gasteiger partial charge in [-0.2, -0.15) is 0 Å². The Hall–Kier alpha value is -3.11. The van der Waals surface area contributed by atoms with Crippen molar-refractivity contribution in [2.75, 3.05) is 18.4 Å². The van der Waals surface area contributed by atoms with E-state index in [1.807, 2.05) is 42.5 Å². The quantitative estimate of drug-likeness (QED) is 0.510. The highest BCUT2D eigenvalue weighted by atomic mass is 16.3. The predicted molar refractivity (Wildman–Crippen MR) is 117 cm³/mol. The van der Waals surface area contributed by atoms with E-state index in [0.29, 0.717) is 0 Å². The molecule has 0 saturated carbocycles. The first kappa shape index (κ1) is 18.0. The number of piperidine rings is 1. The van der Waals surface area contributed by atoms with Crippen LogP contribution in [-0.4, -0.2) is 23.9 Å². The van der Waals surface area contributed by atoms with Gasteiger partial charge >= 0.3 is 0 Å². The van der Waals surface area contributed by atoms with Crippen LogP contribution in [0, 0.1) is 5.92 Å². The lowest BCUT2D eigenvalue weighted by Crippen LogP contribution is -2.37. The largest absolute Gasteiger partial charge is 0.456 e. The molecule has 0 bridgehead atoms. The molecule has 0 spiro atoms. The summed E-state index contributed by atoms with van der Waals surface area (Å²) < 4.78 is 5.93. The molecule has 0 atom stereocenters. The van der Waals surface area contributed by atoms with Crippen molar-refractivity contribution in [1.82, 2.24) is 4.90 Å². The van der Waals surface area contributed by atoms with E-state index in [4.69, 9.17) is 4.42 Å². The number of likely N-dealkylation sites (tertiary alicyclic amines) is 1. The maximum atomic E-state index is 12.8. The summed E-state index contributed by atoms with van der Waals surface area (Å²) in [5.74, 6) is 0.174. The van der Waals surface area contributed by atoms with Crippen LogP contribution < -0.4 is 5.32 Å². The van der Waals surface area contributed by atoms with E-state index in [2.05, 4.69) is 40.5 Å². The van der Waals surface area contributed by atoms with Crippen molar-refractivity contribution in [3.63, 3.8) is 0 Å². The van der Waals surface area contributed by atoms with Gasteiger partial charge in [0.1, 0.15) is 11.2 Å². The van der Waals surface area contributed by atoms with Crippen LogP contribution >= 0.6 is 0 Å². The van der Waals surface area contributed by atoms with Gasteiger partial charge in [0, 0.05) is 35.0 Å². The van der Waals surface area contributed by atoms with Crippen LogP contribution in [0.3, 0.4) is 0 Å². The standard InChI is InChI=1S/C25H24N2O2/c28-25(19-12-14-27(15-13-19)17-18-6-2-1-3-7-18)26-20-10-11-22-21-8-4-5-9-23(21)29-24(22)16-20/h1-11,16,19H,12-15,17H2,(H,26,28). The normalized spacial score (nSPS) is 15.7. The van der Waals surface area contributed by atoms with Gasteiger partial charge in [0.05, 0.1) is 0 Å². The van der Waals surface area contributed by atoms with Gasteiger partial charge in [-0.15, -0.1) is 0 Å². The second kappa shape index (κ2) is 7.72. The molecule has 146 valence electrons. The number of amides is 1. The lowest BCUT2D eigenvalue weighted by Gasteiger charge is -2.31. The molecule has 4 heteroatoms. The predicted octanol–water partition coefficient (Wildman–Crippen LogP) is 5.44. The maximum absolute atomic E-state index is 12.8. The van der Waals surface area contributed by atoms with E-state index in [-0.39, 0.29) is 11.8 Å². The number of para-hydroxylation sites is 1. The number of carbonyl (C=O) groups is 1. The molecule has 1 N–H and O–H groups in total. The molecule has 5 rings (SSSR count). The minimum Gasteiger partial charge on any atom is -0.456 e. The number of nitrogens with zero attached hydrogens (tertiary/aromatic N) is 1. The molecule has 29 heavy (non-hydrogen) atoms. The molecule has 1 amide bonds. The Bertz CT molecular complexity index is 1140. The van der Waals surface area contributed by atoms with Gasteiger partial charge in [0.2, 0.25) is 5.91 Å². The Balaban J connectivity index is 1.22. The van der Waals surface area contributed by atoms with Crippen LogP contribution in [0.2, 0.25) is 0 Å². The van der Waals surface area contributed by atoms with Crippen LogP contribution in [0.1, 0.15) is 18.4 Å². The van der Waals surface area contributed by atoms with Crippen molar-refractivity contribution in [3.05, 3.63) is 78.4 Å². The first-order valence-electron chi connectivity index (χ1n) is 10.2. The van der Waals surface area contributed by atoms with Crippen LogP contribution in [0.4, 0.5) is 5.69 Å². The topological polar surface area (TPSA) is 45.5 Å². The second-order valence-corrected chi connectivity index (χ2v) is 7.83. The third kappa shape index (κ3) is 3.76. The molecule has 0 unspecified atom stereocenters. The van der Waals surface area contributed by atoms with Gasteiger partial charge in [-0.1, -0.05) is 48.5 Å². The van der Waals surface area contributed by atoms with Gasteiger partial charge in [0.15, 0.2) is 0 Å². The summed E-state index contributed by atoms with van der Waals surface area (Å²) in [4.78, 5) is 15.2. The molecule has 4 aromatic rings. The van der Waals surface area contributed by atoms with E-state index in [1.54, 1.807) is 0 Å². The first-order chi connectivity index (χ1) is 14.3. The summed E-state index contributed by atoms with van der Waals surface area (Å²) in [6.45, 7) is 2.86. The molecule has 1 fully saturated rings. The Morgan fingerprint density at radius 2 is 1.62 bits per heavy atom. The minimum absolute atomic E-state index is 0.0633. The number of nitrogens with one attached hydrogen (secondary N) is 1. The highest BCUT2D eigenvalue weighted by Crippen LogP contribution is 2.30. The number of hydrogen-bond donors (Lipinski definition) is 1. The molecule has 1 saturated heterocycles. The van der Waals surface area contributed by atoms with Gasteiger partial charge in [-0.3, -0.25) is 9.69 Å². The molecule has 0 aliphatic carbocycles. The van der Waals surface area contributed by atoms with Crippen molar-refractivity contribution >= 4 is 33.5 Å². The molecule has 2 heterocycles. The van der Waals surface area contributed by atoms with Crippen LogP contribution in [0.25, 0.3) is 21.9 Å². The van der Waals surface area contributed by atoms with E-state index in [1.165, 1.54) is 5.56 Å². The van der Waals surface area contributed by atoms with E-state index in [0.717, 1.165) is 60.1 Å². The third-order valence-corrected chi connectivity index (χ3v) is 5.85. The molecule has 3 aromatic carbocycles. The Morgan fingerprint density at radius 1 is 0.897 bits per heavy atom. The van der Waals surface area contributed by atoms with Crippen LogP contribution in [-0.2, 0) is 11.3 Å². The van der Waals surface area contributed by atoms with Crippen molar-refractivity contribution in [3.8, 4) is 0 Å². The minimum atomic E-state index is 0.0633. The van der Waals surface area contributed by atoms with Gasteiger partial charge in [0.25, 0.3) is 0 Å². The number of rotatable bonds is 4. The summed E-state index contributed by atoms with van der Waals surface area (Å²) in [6.07, 6.45) is 1.79. The zero-order chi connectivity index (χ0) is 19.6. The van der Waals surface area contributed by atoms with Gasteiger partial charge in [-0.05, 0) is 49.7 Å². The molecule has 1 aromatic heterocycles. The van der Waals surface area contributed by atoms with Crippen LogP contribution in [0.15, 0.2) is 77.2 Å². The molecule has 1 aliphatic rings. The highest BCUT2D eigenvalue weighted by molar-refractivity contribution is 6.06. The summed E-state index contributed by atoms with van der Waals surface area (Å²) in [5, 5.41) is 5.27. The summed E-state index contributed by atoms with van der Waals surface area (Å²) in [5.41, 5.74) is 3.81. The number of hydrogen-bond acceptors (Lipinski definition) is 3. The average Bonchev–Trinajstić information content (AvgIpc) is 3.13. The molecule has 1 aliphatic heterocycles. The number of carbonyl (C=O) groups excluding carboxylic acids is 1. The Morgan fingerprint density at radius 3 is 2.45 bits per heavy atom. The third-order valence-electron chi connectivity index (χ3n) is 5.85. The fraction of sp³-hybridized carbons (Fsp3) is 0.240. The fourth-order valence-corrected chi connectivity index (χ4v) is 4.24. The summed E-state index contributed by atoms with van der Waals surface area (Å²) in [7, 11) is 0. The van der Waals surface area contributed by atoms with E-state index < -0.39 is 0 Å². The van der Waals surface area contributed by atoms with Crippen molar-refractivity contribution in [1.29, 1.82) is 0 Å². The van der Waals surface area contributed by atoms with Crippen molar-refractivity contribution in [2.24, 2.45) is 5.92 Å². The first-order valence-corrected chi connectivity index (χ1v) is 10.2. The van der Waals surface area contributed by atoms with E-state index in [9.17, 15) is 4.79 Å². The smallest absolute Gasteiger partial charge is 0.227 e. The lowest BCUT2D eigenvalue weighted by molar-refractivity contribution is -0.121. The monoisotopic (exact) mass is 384 g/mol. The SMILES string of the molecule is O=C(Nc1ccc2c(c1)oc1ccccc12)C1CCN(Cc2ccccc2)CC1. The van der Waals surface area contributed by atoms with Crippen molar-refractivity contribution < 1.29 is 9.21 Å². The Labute approximate surface area is 170 Å². The number of fused-ring (bicyclic) bond motifs is 3. The average molecular weight is 384 g/mol. The highest BCUT2D eigenvalue weighted by Gasteiger charge is 2.25.